The molecule has 12 nitrogen and oxygen atoms in total. The van der Waals surface area contributed by atoms with E-state index in [1.54, 1.807) is 17.0 Å². The van der Waals surface area contributed by atoms with Gasteiger partial charge in [0.2, 0.25) is 11.8 Å². The van der Waals surface area contributed by atoms with Crippen molar-refractivity contribution in [3.8, 4) is 11.8 Å². The van der Waals surface area contributed by atoms with Crippen molar-refractivity contribution in [2.75, 3.05) is 19.8 Å². The Morgan fingerprint density at radius 3 is 2.64 bits per heavy atom. The number of carbonyl (C=O) groups excluding carboxylic acids is 4. The van der Waals surface area contributed by atoms with Gasteiger partial charge in [-0.3, -0.25) is 19.7 Å². The first-order valence-electron chi connectivity index (χ1n) is 14.4. The van der Waals surface area contributed by atoms with Gasteiger partial charge in [0.05, 0.1) is 0 Å². The molecule has 1 aromatic rings. The van der Waals surface area contributed by atoms with Crippen LogP contribution in [0.1, 0.15) is 87.2 Å². The number of piperidine rings is 1. The molecule has 1 saturated carbocycles. The third-order valence-corrected chi connectivity index (χ3v) is 7.62. The molecule has 4 amide bonds. The van der Waals surface area contributed by atoms with E-state index in [-0.39, 0.29) is 49.6 Å². The van der Waals surface area contributed by atoms with E-state index in [0.29, 0.717) is 37.1 Å². The minimum Gasteiger partial charge on any atom is -0.444 e. The van der Waals surface area contributed by atoms with Crippen LogP contribution in [0.15, 0.2) is 23.3 Å². The number of ether oxygens (including phenoxy) is 2. The summed E-state index contributed by atoms with van der Waals surface area (Å²) in [7, 11) is 0. The molecular formula is C30H38N6O6. The molecule has 0 aromatic heterocycles. The lowest BCUT2D eigenvalue weighted by Gasteiger charge is -2.37. The lowest BCUT2D eigenvalue weighted by Crippen LogP contribution is -2.52. The normalized spacial score (nSPS) is 21.9. The summed E-state index contributed by atoms with van der Waals surface area (Å²) < 4.78 is 11.4. The number of carbonyl (C=O) groups is 4. The predicted octanol–water partition coefficient (Wildman–Crippen LogP) is 4.06. The Balaban J connectivity index is 1.29. The number of hydrogen-bond donors (Lipinski definition) is 1. The second kappa shape index (κ2) is 13.7. The van der Waals surface area contributed by atoms with Gasteiger partial charge >= 0.3 is 6.09 Å². The van der Waals surface area contributed by atoms with Crippen LogP contribution in [-0.2, 0) is 25.6 Å². The highest BCUT2D eigenvalue weighted by Crippen LogP contribution is 2.30. The molecule has 0 spiro atoms. The Morgan fingerprint density at radius 1 is 1.19 bits per heavy atom. The minimum atomic E-state index is -0.673. The summed E-state index contributed by atoms with van der Waals surface area (Å²) >= 11 is 0. The molecule has 1 aromatic carbocycles. The Kier molecular flexibility index (Phi) is 10.1. The number of azide groups is 1. The van der Waals surface area contributed by atoms with Crippen LogP contribution in [0.3, 0.4) is 0 Å². The molecule has 1 atom stereocenters. The fraction of sp³-hybridized carbons (Fsp3) is 0.600. The summed E-state index contributed by atoms with van der Waals surface area (Å²) in [6.07, 6.45) is 3.73. The Morgan fingerprint density at radius 2 is 1.95 bits per heavy atom. The summed E-state index contributed by atoms with van der Waals surface area (Å²) in [5, 5.41) is 6.14. The molecule has 1 aliphatic carbocycles. The molecule has 0 radical (unpaired) electrons. The summed E-state index contributed by atoms with van der Waals surface area (Å²) in [4.78, 5) is 56.0. The third-order valence-electron chi connectivity index (χ3n) is 7.62. The highest BCUT2D eigenvalue weighted by Gasteiger charge is 2.39. The zero-order chi connectivity index (χ0) is 30.3. The van der Waals surface area contributed by atoms with Crippen LogP contribution < -0.4 is 5.32 Å². The van der Waals surface area contributed by atoms with Crippen molar-refractivity contribution in [2.24, 2.45) is 5.11 Å². The first kappa shape index (κ1) is 30.9. The number of nitrogens with one attached hydrogen (secondary N) is 1. The molecule has 4 rings (SSSR count). The average molecular weight is 579 g/mol. The topological polar surface area (TPSA) is 154 Å². The van der Waals surface area contributed by atoms with Crippen molar-refractivity contribution in [1.29, 1.82) is 0 Å². The van der Waals surface area contributed by atoms with Crippen LogP contribution >= 0.6 is 0 Å². The van der Waals surface area contributed by atoms with E-state index < -0.39 is 17.6 Å². The van der Waals surface area contributed by atoms with Crippen molar-refractivity contribution >= 4 is 23.8 Å². The van der Waals surface area contributed by atoms with Crippen molar-refractivity contribution in [3.63, 3.8) is 0 Å². The molecule has 1 unspecified atom stereocenters. The lowest BCUT2D eigenvalue weighted by atomic mass is 9.90. The molecule has 224 valence electrons. The molecular weight excluding hydrogens is 540 g/mol. The van der Waals surface area contributed by atoms with Crippen LogP contribution in [0.2, 0.25) is 0 Å². The van der Waals surface area contributed by atoms with E-state index in [9.17, 15) is 19.2 Å². The van der Waals surface area contributed by atoms with E-state index in [2.05, 4.69) is 27.2 Å². The number of rotatable bonds is 8. The predicted molar refractivity (Wildman–Crippen MR) is 153 cm³/mol. The number of hydrogen-bond acceptors (Lipinski definition) is 7. The summed E-state index contributed by atoms with van der Waals surface area (Å²) in [5.74, 6) is 5.09. The molecule has 0 bridgehead atoms. The second-order valence-electron chi connectivity index (χ2n) is 11.8. The van der Waals surface area contributed by atoms with Crippen LogP contribution in [0, 0.1) is 11.8 Å². The smallest absolute Gasteiger partial charge is 0.410 e. The third kappa shape index (κ3) is 7.81. The Bertz CT molecular complexity index is 1310. The van der Waals surface area contributed by atoms with Gasteiger partial charge in [-0.15, -0.1) is 0 Å². The maximum absolute atomic E-state index is 13.0. The monoisotopic (exact) mass is 578 g/mol. The largest absolute Gasteiger partial charge is 0.444 e. The fourth-order valence-electron chi connectivity index (χ4n) is 5.60. The summed E-state index contributed by atoms with van der Waals surface area (Å²) in [5.41, 5.74) is 10.1. The van der Waals surface area contributed by atoms with Crippen molar-refractivity contribution < 1.29 is 28.7 Å². The van der Waals surface area contributed by atoms with Gasteiger partial charge in [-0.1, -0.05) is 23.0 Å². The highest BCUT2D eigenvalue weighted by atomic mass is 16.6. The lowest BCUT2D eigenvalue weighted by molar-refractivity contribution is -0.136. The van der Waals surface area contributed by atoms with Crippen molar-refractivity contribution in [3.05, 3.63) is 45.3 Å². The van der Waals surface area contributed by atoms with Crippen molar-refractivity contribution in [1.82, 2.24) is 15.1 Å². The van der Waals surface area contributed by atoms with Crippen molar-refractivity contribution in [2.45, 2.75) is 96.0 Å². The molecule has 2 fully saturated rings. The number of imide groups is 1. The molecule has 2 heterocycles. The van der Waals surface area contributed by atoms with Gasteiger partial charge in [0.25, 0.3) is 5.91 Å². The van der Waals surface area contributed by atoms with Crippen LogP contribution in [0.4, 0.5) is 4.79 Å². The molecule has 42 heavy (non-hydrogen) atoms. The Labute approximate surface area is 245 Å². The number of amides is 4. The molecule has 12 heteroatoms. The molecule has 1 N–H and O–H groups in total. The quantitative estimate of drug-likeness (QED) is 0.123. The van der Waals surface area contributed by atoms with Crippen LogP contribution in [-0.4, -0.2) is 77.1 Å². The van der Waals surface area contributed by atoms with E-state index in [1.165, 1.54) is 4.90 Å². The van der Waals surface area contributed by atoms with Crippen LogP contribution in [0.5, 0.6) is 0 Å². The van der Waals surface area contributed by atoms with Gasteiger partial charge < -0.3 is 19.3 Å². The van der Waals surface area contributed by atoms with E-state index in [4.69, 9.17) is 15.0 Å². The fourth-order valence-corrected chi connectivity index (χ4v) is 5.60. The number of benzene rings is 1. The Hall–Kier alpha value is -4.07. The van der Waals surface area contributed by atoms with Gasteiger partial charge in [0, 0.05) is 54.2 Å². The zero-order valence-electron chi connectivity index (χ0n) is 24.4. The number of nitrogens with zero attached hydrogens (tertiary/aromatic N) is 5. The SMILES string of the molecule is CC(C)(C)OC(=O)N(CCCOCC#Cc1cccc2c1CN(C1CCC(=O)NC1=O)C2=O)C1CCC(N=[N+]=[N-])CC1. The first-order chi connectivity index (χ1) is 20.1. The van der Waals surface area contributed by atoms with Gasteiger partial charge in [-0.2, -0.15) is 0 Å². The van der Waals surface area contributed by atoms with Gasteiger partial charge in [0.1, 0.15) is 18.2 Å². The first-order valence-corrected chi connectivity index (χ1v) is 14.4. The number of fused-ring (bicyclic) bond motifs is 1. The molecule has 1 saturated heterocycles. The molecule has 2 aliphatic heterocycles. The van der Waals surface area contributed by atoms with E-state index >= 15 is 0 Å². The zero-order valence-corrected chi connectivity index (χ0v) is 24.4. The van der Waals surface area contributed by atoms with Gasteiger partial charge in [-0.25, -0.2) is 4.79 Å². The summed E-state index contributed by atoms with van der Waals surface area (Å²) in [6.45, 7) is 6.84. The van der Waals surface area contributed by atoms with E-state index in [1.807, 2.05) is 26.8 Å². The standard InChI is InChI=1S/C30H38N6O6/c1-30(2,3)42-29(40)35(22-12-10-21(11-13-22)33-34-31)16-6-18-41-17-5-8-20-7-4-9-23-24(20)19-36(28(23)39)25-14-15-26(37)32-27(25)38/h4,7,9,21-22,25H,6,10-19H2,1-3H3,(H,32,37,38). The highest BCUT2D eigenvalue weighted by molar-refractivity contribution is 6.05. The second-order valence-corrected chi connectivity index (χ2v) is 11.8. The maximum atomic E-state index is 13.0. The molecule has 3 aliphatic rings. The maximum Gasteiger partial charge on any atom is 0.410 e. The average Bonchev–Trinajstić information content (AvgIpc) is 3.27. The minimum absolute atomic E-state index is 0.0207. The van der Waals surface area contributed by atoms with Gasteiger partial charge in [-0.05, 0) is 82.5 Å². The van der Waals surface area contributed by atoms with Gasteiger partial charge in [0.15, 0.2) is 0 Å². The summed E-state index contributed by atoms with van der Waals surface area (Å²) in [6, 6.07) is 4.65. The van der Waals surface area contributed by atoms with E-state index in [0.717, 1.165) is 31.2 Å². The van der Waals surface area contributed by atoms with Crippen LogP contribution in [0.25, 0.3) is 10.4 Å².